The normalized spacial score (nSPS) is 17.8. The van der Waals surface area contributed by atoms with Gasteiger partial charge in [0.25, 0.3) is 10.0 Å². The van der Waals surface area contributed by atoms with Crippen molar-refractivity contribution >= 4 is 27.3 Å². The summed E-state index contributed by atoms with van der Waals surface area (Å²) >= 11 is 1.25. The summed E-state index contributed by atoms with van der Waals surface area (Å²) in [4.78, 5) is 12.2. The molecule has 1 aromatic carbocycles. The number of aryl methyl sites for hydroxylation is 1. The maximum atomic E-state index is 12.9. The van der Waals surface area contributed by atoms with Crippen molar-refractivity contribution in [2.45, 2.75) is 48.8 Å². The van der Waals surface area contributed by atoms with Crippen LogP contribution in [0.5, 0.6) is 5.75 Å². The van der Waals surface area contributed by atoms with E-state index in [-0.39, 0.29) is 11.9 Å². The fourth-order valence-corrected chi connectivity index (χ4v) is 6.46. The summed E-state index contributed by atoms with van der Waals surface area (Å²) in [7, 11) is -1.82. The van der Waals surface area contributed by atoms with Gasteiger partial charge in [-0.15, -0.1) is 11.3 Å². The van der Waals surface area contributed by atoms with Gasteiger partial charge in [-0.2, -0.15) is 4.31 Å². The summed E-state index contributed by atoms with van der Waals surface area (Å²) in [5.41, 5.74) is 1.08. The van der Waals surface area contributed by atoms with Crippen LogP contribution < -0.4 is 10.1 Å². The molecule has 1 atom stereocenters. The number of piperidine rings is 1. The van der Waals surface area contributed by atoms with E-state index in [9.17, 15) is 13.2 Å². The van der Waals surface area contributed by atoms with Gasteiger partial charge in [0.05, 0.1) is 7.11 Å². The van der Waals surface area contributed by atoms with Crippen molar-refractivity contribution in [3.8, 4) is 5.75 Å². The summed E-state index contributed by atoms with van der Waals surface area (Å²) in [5.74, 6) is 0.789. The maximum absolute atomic E-state index is 12.9. The zero-order valence-electron chi connectivity index (χ0n) is 16.7. The second-order valence-corrected chi connectivity index (χ2v) is 10.2. The van der Waals surface area contributed by atoms with Crippen LogP contribution in [-0.2, 0) is 21.2 Å². The molecule has 29 heavy (non-hydrogen) atoms. The number of nitrogens with zero attached hydrogens (tertiary/aromatic N) is 1. The Labute approximate surface area is 176 Å². The van der Waals surface area contributed by atoms with E-state index >= 15 is 0 Å². The third kappa shape index (κ3) is 5.81. The van der Waals surface area contributed by atoms with Crippen molar-refractivity contribution in [2.75, 3.05) is 20.2 Å². The average molecular weight is 437 g/mol. The molecule has 8 heteroatoms. The molecule has 1 amide bonds. The second-order valence-electron chi connectivity index (χ2n) is 7.18. The Kier molecular flexibility index (Phi) is 7.69. The highest BCUT2D eigenvalue weighted by Gasteiger charge is 2.33. The van der Waals surface area contributed by atoms with Crippen LogP contribution in [0, 0.1) is 0 Å². The summed E-state index contributed by atoms with van der Waals surface area (Å²) in [6, 6.07) is 11.1. The molecule has 0 saturated carbocycles. The van der Waals surface area contributed by atoms with E-state index in [0.29, 0.717) is 36.6 Å². The Morgan fingerprint density at radius 2 is 2.03 bits per heavy atom. The summed E-state index contributed by atoms with van der Waals surface area (Å²) < 4.78 is 33.0. The molecule has 3 rings (SSSR count). The third-order valence-corrected chi connectivity index (χ3v) is 8.56. The van der Waals surface area contributed by atoms with Crippen LogP contribution >= 0.6 is 11.3 Å². The van der Waals surface area contributed by atoms with Gasteiger partial charge in [0, 0.05) is 25.6 Å². The van der Waals surface area contributed by atoms with E-state index in [2.05, 4.69) is 5.32 Å². The molecule has 1 aliphatic rings. The van der Waals surface area contributed by atoms with Gasteiger partial charge in [-0.25, -0.2) is 8.42 Å². The molecule has 1 unspecified atom stereocenters. The van der Waals surface area contributed by atoms with Gasteiger partial charge in [-0.3, -0.25) is 4.79 Å². The molecular formula is C21H28N2O4S2. The first-order chi connectivity index (χ1) is 14.0. The molecule has 0 aliphatic carbocycles. The number of thiophene rings is 1. The molecule has 2 heterocycles. The van der Waals surface area contributed by atoms with Gasteiger partial charge in [0.15, 0.2) is 0 Å². The molecule has 0 radical (unpaired) electrons. The SMILES string of the molecule is COc1ccc(CCC(=O)NCCC2CCCCN2S(=O)(=O)c2cccs2)cc1. The Bertz CT molecular complexity index is 880. The summed E-state index contributed by atoms with van der Waals surface area (Å²) in [6.07, 6.45) is 4.46. The Hall–Kier alpha value is -1.90. The Morgan fingerprint density at radius 1 is 1.24 bits per heavy atom. The summed E-state index contributed by atoms with van der Waals surface area (Å²) in [5, 5.41) is 4.73. The smallest absolute Gasteiger partial charge is 0.252 e. The highest BCUT2D eigenvalue weighted by Crippen LogP contribution is 2.29. The second kappa shape index (κ2) is 10.2. The number of hydrogen-bond donors (Lipinski definition) is 1. The first-order valence-corrected chi connectivity index (χ1v) is 12.3. The molecule has 1 aliphatic heterocycles. The fraction of sp³-hybridized carbons (Fsp3) is 0.476. The number of carbonyl (C=O) groups excluding carboxylic acids is 1. The quantitative estimate of drug-likeness (QED) is 0.653. The lowest BCUT2D eigenvalue weighted by Crippen LogP contribution is -2.44. The van der Waals surface area contributed by atoms with Crippen LogP contribution in [0.15, 0.2) is 46.0 Å². The number of ether oxygens (including phenoxy) is 1. The number of benzene rings is 1. The van der Waals surface area contributed by atoms with Gasteiger partial charge in [-0.1, -0.05) is 24.6 Å². The number of hydrogen-bond acceptors (Lipinski definition) is 5. The van der Waals surface area contributed by atoms with Crippen LogP contribution in [-0.4, -0.2) is 44.9 Å². The molecule has 1 saturated heterocycles. The van der Waals surface area contributed by atoms with Crippen molar-refractivity contribution in [3.05, 3.63) is 47.3 Å². The maximum Gasteiger partial charge on any atom is 0.252 e. The lowest BCUT2D eigenvalue weighted by molar-refractivity contribution is -0.121. The van der Waals surface area contributed by atoms with Gasteiger partial charge < -0.3 is 10.1 Å². The minimum atomic E-state index is -3.44. The largest absolute Gasteiger partial charge is 0.497 e. The van der Waals surface area contributed by atoms with Crippen LogP contribution in [0.1, 0.15) is 37.7 Å². The lowest BCUT2D eigenvalue weighted by Gasteiger charge is -2.34. The Balaban J connectivity index is 1.47. The van der Waals surface area contributed by atoms with E-state index in [1.54, 1.807) is 28.9 Å². The van der Waals surface area contributed by atoms with Crippen molar-refractivity contribution in [1.29, 1.82) is 0 Å². The highest BCUT2D eigenvalue weighted by atomic mass is 32.2. The fourth-order valence-electron chi connectivity index (χ4n) is 3.62. The number of sulfonamides is 1. The average Bonchev–Trinajstić information content (AvgIpc) is 3.29. The number of rotatable bonds is 9. The van der Waals surface area contributed by atoms with E-state index in [4.69, 9.17) is 4.74 Å². The molecule has 2 aromatic rings. The number of methoxy groups -OCH3 is 1. The van der Waals surface area contributed by atoms with Crippen molar-refractivity contribution in [3.63, 3.8) is 0 Å². The van der Waals surface area contributed by atoms with E-state index in [0.717, 1.165) is 30.6 Å². The predicted molar refractivity (Wildman–Crippen MR) is 115 cm³/mol. The zero-order chi connectivity index (χ0) is 20.7. The number of nitrogens with one attached hydrogen (secondary N) is 1. The van der Waals surface area contributed by atoms with E-state index in [1.165, 1.54) is 11.3 Å². The first kappa shape index (κ1) is 21.8. The van der Waals surface area contributed by atoms with Crippen molar-refractivity contribution < 1.29 is 17.9 Å². The zero-order valence-corrected chi connectivity index (χ0v) is 18.3. The molecule has 158 valence electrons. The molecule has 6 nitrogen and oxygen atoms in total. The van der Waals surface area contributed by atoms with Gasteiger partial charge in [0.2, 0.25) is 5.91 Å². The molecule has 1 fully saturated rings. The van der Waals surface area contributed by atoms with E-state index < -0.39 is 10.0 Å². The Morgan fingerprint density at radius 3 is 2.72 bits per heavy atom. The minimum absolute atomic E-state index is 0.00992. The predicted octanol–water partition coefficient (Wildman–Crippen LogP) is 3.44. The molecule has 0 bridgehead atoms. The minimum Gasteiger partial charge on any atom is -0.497 e. The van der Waals surface area contributed by atoms with Gasteiger partial charge in [-0.05, 0) is 54.8 Å². The van der Waals surface area contributed by atoms with Crippen LogP contribution in [0.25, 0.3) is 0 Å². The molecule has 0 spiro atoms. The molecule has 1 aromatic heterocycles. The lowest BCUT2D eigenvalue weighted by atomic mass is 10.0. The van der Waals surface area contributed by atoms with Crippen molar-refractivity contribution in [2.24, 2.45) is 0 Å². The first-order valence-electron chi connectivity index (χ1n) is 9.95. The topological polar surface area (TPSA) is 75.7 Å². The molecule has 1 N–H and O–H groups in total. The number of amides is 1. The third-order valence-electron chi connectivity index (χ3n) is 5.23. The van der Waals surface area contributed by atoms with Gasteiger partial charge >= 0.3 is 0 Å². The van der Waals surface area contributed by atoms with Crippen molar-refractivity contribution in [1.82, 2.24) is 9.62 Å². The standard InChI is InChI=1S/C21H28N2O4S2/c1-27-19-10-7-17(8-11-19)9-12-20(24)22-14-13-18-5-2-3-15-23(18)29(25,26)21-6-4-16-28-21/h4,6-8,10-11,16,18H,2-3,5,9,12-15H2,1H3,(H,22,24). The monoisotopic (exact) mass is 436 g/mol. The van der Waals surface area contributed by atoms with E-state index in [1.807, 2.05) is 24.3 Å². The van der Waals surface area contributed by atoms with Crippen LogP contribution in [0.3, 0.4) is 0 Å². The van der Waals surface area contributed by atoms with Crippen LogP contribution in [0.4, 0.5) is 0 Å². The molecular weight excluding hydrogens is 408 g/mol. The number of carbonyl (C=O) groups is 1. The highest BCUT2D eigenvalue weighted by molar-refractivity contribution is 7.91. The van der Waals surface area contributed by atoms with Crippen LogP contribution in [0.2, 0.25) is 0 Å². The summed E-state index contributed by atoms with van der Waals surface area (Å²) in [6.45, 7) is 1.04. The van der Waals surface area contributed by atoms with Gasteiger partial charge in [0.1, 0.15) is 9.96 Å².